The molecule has 0 unspecified atom stereocenters. The molecule has 0 aliphatic carbocycles. The smallest absolute Gasteiger partial charge is 0.243 e. The van der Waals surface area contributed by atoms with Crippen molar-refractivity contribution in [1.29, 1.82) is 0 Å². The van der Waals surface area contributed by atoms with Gasteiger partial charge in [0.15, 0.2) is 0 Å². The van der Waals surface area contributed by atoms with Gasteiger partial charge in [-0.2, -0.15) is 0 Å². The lowest BCUT2D eigenvalue weighted by Gasteiger charge is -2.13. The van der Waals surface area contributed by atoms with Crippen molar-refractivity contribution < 1.29 is 9.53 Å². The van der Waals surface area contributed by atoms with Crippen LogP contribution in [0.25, 0.3) is 0 Å². The minimum absolute atomic E-state index is 0.0612. The third kappa shape index (κ3) is 4.74. The summed E-state index contributed by atoms with van der Waals surface area (Å²) in [5.74, 6) is 0.766. The molecule has 0 aromatic heterocycles. The second-order valence-corrected chi connectivity index (χ2v) is 5.63. The molecule has 2 rings (SSSR count). The van der Waals surface area contributed by atoms with Gasteiger partial charge in [0.25, 0.3) is 0 Å². The molecule has 2 aromatic carbocycles. The van der Waals surface area contributed by atoms with Crippen LogP contribution in [0.5, 0.6) is 5.75 Å². The van der Waals surface area contributed by atoms with Crippen LogP contribution in [0.15, 0.2) is 36.4 Å². The van der Waals surface area contributed by atoms with Crippen LogP contribution in [0.3, 0.4) is 0 Å². The van der Waals surface area contributed by atoms with Crippen molar-refractivity contribution in [3.05, 3.63) is 53.1 Å². The second-order valence-electron chi connectivity index (χ2n) is 5.63. The van der Waals surface area contributed by atoms with Crippen LogP contribution in [0.4, 0.5) is 11.4 Å². The molecule has 0 fully saturated rings. The third-order valence-electron chi connectivity index (χ3n) is 3.56. The highest BCUT2D eigenvalue weighted by Crippen LogP contribution is 2.22. The zero-order valence-electron chi connectivity index (χ0n) is 14.2. The third-order valence-corrected chi connectivity index (χ3v) is 3.56. The Morgan fingerprint density at radius 1 is 1.04 bits per heavy atom. The molecule has 0 saturated heterocycles. The molecule has 0 radical (unpaired) electrons. The molecule has 0 atom stereocenters. The van der Waals surface area contributed by atoms with Crippen LogP contribution in [-0.4, -0.2) is 19.1 Å². The number of nitrogens with one attached hydrogen (secondary N) is 2. The van der Waals surface area contributed by atoms with Gasteiger partial charge in [0, 0.05) is 11.4 Å². The van der Waals surface area contributed by atoms with E-state index in [1.165, 1.54) is 5.56 Å². The summed E-state index contributed by atoms with van der Waals surface area (Å²) >= 11 is 0. The van der Waals surface area contributed by atoms with Crippen molar-refractivity contribution in [2.24, 2.45) is 0 Å². The second kappa shape index (κ2) is 7.68. The van der Waals surface area contributed by atoms with E-state index in [1.807, 2.05) is 45.0 Å². The average molecular weight is 312 g/mol. The first-order valence-electron chi connectivity index (χ1n) is 7.84. The van der Waals surface area contributed by atoms with E-state index in [1.54, 1.807) is 0 Å². The fourth-order valence-corrected chi connectivity index (χ4v) is 2.58. The summed E-state index contributed by atoms with van der Waals surface area (Å²) in [4.78, 5) is 12.1. The minimum atomic E-state index is -0.0612. The molecule has 4 heteroatoms. The number of aryl methyl sites for hydroxylation is 3. The van der Waals surface area contributed by atoms with Crippen molar-refractivity contribution in [1.82, 2.24) is 0 Å². The number of rotatable bonds is 6. The lowest BCUT2D eigenvalue weighted by molar-refractivity contribution is -0.114. The van der Waals surface area contributed by atoms with E-state index in [0.717, 1.165) is 28.3 Å². The summed E-state index contributed by atoms with van der Waals surface area (Å²) in [6.45, 7) is 8.89. The molecule has 122 valence electrons. The molecule has 0 saturated carbocycles. The summed E-state index contributed by atoms with van der Waals surface area (Å²) < 4.78 is 5.39. The van der Waals surface area contributed by atoms with Gasteiger partial charge < -0.3 is 15.4 Å². The minimum Gasteiger partial charge on any atom is -0.494 e. The largest absolute Gasteiger partial charge is 0.494 e. The van der Waals surface area contributed by atoms with E-state index in [0.29, 0.717) is 6.61 Å². The van der Waals surface area contributed by atoms with Crippen molar-refractivity contribution in [2.75, 3.05) is 23.8 Å². The van der Waals surface area contributed by atoms with E-state index in [4.69, 9.17) is 4.74 Å². The number of carbonyl (C=O) groups excluding carboxylic acids is 1. The highest BCUT2D eigenvalue weighted by molar-refractivity contribution is 5.95. The molecular formula is C19H24N2O2. The van der Waals surface area contributed by atoms with E-state index >= 15 is 0 Å². The quantitative estimate of drug-likeness (QED) is 0.845. The van der Waals surface area contributed by atoms with Gasteiger partial charge in [-0.3, -0.25) is 4.79 Å². The molecule has 0 spiro atoms. The van der Waals surface area contributed by atoms with E-state index < -0.39 is 0 Å². The van der Waals surface area contributed by atoms with Crippen LogP contribution in [0.2, 0.25) is 0 Å². The van der Waals surface area contributed by atoms with Gasteiger partial charge in [0.1, 0.15) is 5.75 Å². The fraction of sp³-hybridized carbons (Fsp3) is 0.316. The first kappa shape index (κ1) is 16.9. The van der Waals surface area contributed by atoms with Crippen LogP contribution in [0, 0.1) is 20.8 Å². The van der Waals surface area contributed by atoms with Crippen molar-refractivity contribution in [2.45, 2.75) is 27.7 Å². The Balaban J connectivity index is 1.93. The number of carbonyl (C=O) groups is 1. The predicted molar refractivity (Wildman–Crippen MR) is 95.4 cm³/mol. The van der Waals surface area contributed by atoms with Gasteiger partial charge in [-0.1, -0.05) is 17.7 Å². The Morgan fingerprint density at radius 3 is 2.22 bits per heavy atom. The normalized spacial score (nSPS) is 10.3. The van der Waals surface area contributed by atoms with Gasteiger partial charge in [-0.15, -0.1) is 0 Å². The highest BCUT2D eigenvalue weighted by atomic mass is 16.5. The first-order valence-corrected chi connectivity index (χ1v) is 7.84. The lowest BCUT2D eigenvalue weighted by Crippen LogP contribution is -2.22. The fourth-order valence-electron chi connectivity index (χ4n) is 2.58. The monoisotopic (exact) mass is 312 g/mol. The Kier molecular flexibility index (Phi) is 5.63. The molecular weight excluding hydrogens is 288 g/mol. The summed E-state index contributed by atoms with van der Waals surface area (Å²) in [6.07, 6.45) is 0. The average Bonchev–Trinajstić information content (AvgIpc) is 2.50. The Hall–Kier alpha value is -2.49. The van der Waals surface area contributed by atoms with Crippen molar-refractivity contribution in [3.63, 3.8) is 0 Å². The number of hydrogen-bond acceptors (Lipinski definition) is 3. The van der Waals surface area contributed by atoms with E-state index in [-0.39, 0.29) is 12.5 Å². The number of amides is 1. The van der Waals surface area contributed by atoms with Gasteiger partial charge in [-0.25, -0.2) is 0 Å². The summed E-state index contributed by atoms with van der Waals surface area (Å²) in [6, 6.07) is 11.7. The summed E-state index contributed by atoms with van der Waals surface area (Å²) in [5.41, 5.74) is 5.15. The van der Waals surface area contributed by atoms with Crippen molar-refractivity contribution in [3.8, 4) is 5.75 Å². The molecule has 0 bridgehead atoms. The molecule has 4 nitrogen and oxygen atoms in total. The maximum absolute atomic E-state index is 12.1. The lowest BCUT2D eigenvalue weighted by atomic mass is 10.1. The van der Waals surface area contributed by atoms with Gasteiger partial charge >= 0.3 is 0 Å². The standard InChI is InChI=1S/C19H24N2O2/c1-5-23-17-8-6-16(7-9-17)20-12-18(22)21-19-14(3)10-13(2)11-15(19)4/h6-11,20H,5,12H2,1-4H3,(H,21,22). The van der Waals surface area contributed by atoms with Crippen LogP contribution in [-0.2, 0) is 4.79 Å². The number of anilines is 2. The van der Waals surface area contributed by atoms with E-state index in [2.05, 4.69) is 29.7 Å². The molecule has 2 N–H and O–H groups in total. The molecule has 1 amide bonds. The SMILES string of the molecule is CCOc1ccc(NCC(=O)Nc2c(C)cc(C)cc2C)cc1. The zero-order valence-corrected chi connectivity index (χ0v) is 14.2. The molecule has 0 aliphatic heterocycles. The molecule has 0 heterocycles. The molecule has 0 aliphatic rings. The van der Waals surface area contributed by atoms with Gasteiger partial charge in [0.2, 0.25) is 5.91 Å². The zero-order chi connectivity index (χ0) is 16.8. The molecule has 2 aromatic rings. The van der Waals surface area contributed by atoms with E-state index in [9.17, 15) is 4.79 Å². The van der Waals surface area contributed by atoms with Crippen LogP contribution in [0.1, 0.15) is 23.6 Å². The molecule has 23 heavy (non-hydrogen) atoms. The first-order chi connectivity index (χ1) is 11.0. The maximum atomic E-state index is 12.1. The highest BCUT2D eigenvalue weighted by Gasteiger charge is 2.08. The van der Waals surface area contributed by atoms with Gasteiger partial charge in [-0.05, 0) is 63.1 Å². The Labute approximate surface area is 137 Å². The van der Waals surface area contributed by atoms with Gasteiger partial charge in [0.05, 0.1) is 13.2 Å². The summed E-state index contributed by atoms with van der Waals surface area (Å²) in [7, 11) is 0. The summed E-state index contributed by atoms with van der Waals surface area (Å²) in [5, 5.41) is 6.10. The maximum Gasteiger partial charge on any atom is 0.243 e. The van der Waals surface area contributed by atoms with Crippen LogP contribution >= 0.6 is 0 Å². The van der Waals surface area contributed by atoms with Crippen LogP contribution < -0.4 is 15.4 Å². The number of hydrogen-bond donors (Lipinski definition) is 2. The number of benzene rings is 2. The van der Waals surface area contributed by atoms with Crippen molar-refractivity contribution >= 4 is 17.3 Å². The Bertz CT molecular complexity index is 655. The predicted octanol–water partition coefficient (Wildman–Crippen LogP) is 4.06. The topological polar surface area (TPSA) is 50.4 Å². The Morgan fingerprint density at radius 2 is 1.65 bits per heavy atom. The number of ether oxygens (including phenoxy) is 1.